The van der Waals surface area contributed by atoms with Gasteiger partial charge in [0.2, 0.25) is 5.91 Å². The molecule has 0 atom stereocenters. The Balaban J connectivity index is 1.81. The summed E-state index contributed by atoms with van der Waals surface area (Å²) in [5.74, 6) is -2.03. The normalized spacial score (nSPS) is 10.3. The molecule has 0 aliphatic heterocycles. The average molecular weight is 351 g/mol. The van der Waals surface area contributed by atoms with Crippen molar-refractivity contribution in [2.24, 2.45) is 0 Å². The number of nitrogens with one attached hydrogen (secondary N) is 1. The van der Waals surface area contributed by atoms with Gasteiger partial charge in [-0.2, -0.15) is 0 Å². The Morgan fingerprint density at radius 3 is 2.46 bits per heavy atom. The number of ether oxygens (including phenoxy) is 1. The van der Waals surface area contributed by atoms with Gasteiger partial charge in [-0.25, -0.2) is 13.6 Å². The number of methoxy groups -OCH3 is 1. The van der Waals surface area contributed by atoms with Crippen molar-refractivity contribution < 1.29 is 23.1 Å². The quantitative estimate of drug-likeness (QED) is 0.642. The summed E-state index contributed by atoms with van der Waals surface area (Å²) in [5.41, 5.74) is 1.24. The predicted octanol–water partition coefficient (Wildman–Crippen LogP) is 3.16. The molecular weight excluding hydrogens is 336 g/mol. The van der Waals surface area contributed by atoms with Crippen LogP contribution < -0.4 is 5.32 Å². The van der Waals surface area contributed by atoms with Gasteiger partial charge in [0, 0.05) is 17.5 Å². The van der Waals surface area contributed by atoms with Gasteiger partial charge >= 0.3 is 5.97 Å². The Hall–Kier alpha value is -2.41. The first-order valence-electron chi connectivity index (χ1n) is 7.01. The van der Waals surface area contributed by atoms with Gasteiger partial charge in [0.05, 0.1) is 18.4 Å². The molecule has 0 saturated heterocycles. The zero-order valence-corrected chi connectivity index (χ0v) is 13.7. The first-order valence-corrected chi connectivity index (χ1v) is 8.00. The summed E-state index contributed by atoms with van der Waals surface area (Å²) < 4.78 is 30.9. The molecule has 1 N–H and O–H groups in total. The van der Waals surface area contributed by atoms with Crippen molar-refractivity contribution in [1.29, 1.82) is 0 Å². The summed E-state index contributed by atoms with van der Waals surface area (Å²) in [7, 11) is 1.30. The van der Waals surface area contributed by atoms with Crippen LogP contribution in [-0.4, -0.2) is 24.7 Å². The van der Waals surface area contributed by atoms with Crippen molar-refractivity contribution in [1.82, 2.24) is 5.32 Å². The van der Waals surface area contributed by atoms with Crippen LogP contribution in [0.2, 0.25) is 0 Å². The first kappa shape index (κ1) is 17.9. The maximum Gasteiger partial charge on any atom is 0.337 e. The standard InChI is InChI=1S/C17H15F2NO3S/c1-23-17(22)12-4-2-11(3-5-12)9-20-16(21)10-24-15-7-6-13(18)8-14(15)19/h2-8H,9-10H2,1H3,(H,20,21). The van der Waals surface area contributed by atoms with E-state index in [0.717, 1.165) is 29.5 Å². The average Bonchev–Trinajstić information content (AvgIpc) is 2.59. The summed E-state index contributed by atoms with van der Waals surface area (Å²) in [6.45, 7) is 0.284. The number of carbonyl (C=O) groups is 2. The Labute approximate surface area is 142 Å². The second kappa shape index (κ2) is 8.44. The molecule has 7 heteroatoms. The lowest BCUT2D eigenvalue weighted by Crippen LogP contribution is -2.24. The van der Waals surface area contributed by atoms with E-state index in [4.69, 9.17) is 0 Å². The molecule has 2 aromatic rings. The van der Waals surface area contributed by atoms with E-state index in [1.165, 1.54) is 13.2 Å². The lowest BCUT2D eigenvalue weighted by Gasteiger charge is -2.07. The van der Waals surface area contributed by atoms with Crippen LogP contribution in [0.3, 0.4) is 0 Å². The second-order valence-electron chi connectivity index (χ2n) is 4.83. The first-order chi connectivity index (χ1) is 11.5. The fourth-order valence-corrected chi connectivity index (χ4v) is 2.61. The number of amides is 1. The van der Waals surface area contributed by atoms with Gasteiger partial charge in [-0.3, -0.25) is 4.79 Å². The highest BCUT2D eigenvalue weighted by molar-refractivity contribution is 8.00. The van der Waals surface area contributed by atoms with Crippen molar-refractivity contribution in [2.45, 2.75) is 11.4 Å². The number of rotatable bonds is 6. The third-order valence-electron chi connectivity index (χ3n) is 3.12. The third kappa shape index (κ3) is 5.06. The minimum absolute atomic E-state index is 0.0167. The summed E-state index contributed by atoms with van der Waals surface area (Å²) in [4.78, 5) is 23.3. The molecule has 0 saturated carbocycles. The molecule has 0 heterocycles. The number of thioether (sulfide) groups is 1. The number of benzene rings is 2. The van der Waals surface area contributed by atoms with Crippen LogP contribution in [0.5, 0.6) is 0 Å². The van der Waals surface area contributed by atoms with E-state index >= 15 is 0 Å². The number of hydrogen-bond acceptors (Lipinski definition) is 4. The van der Waals surface area contributed by atoms with Crippen molar-refractivity contribution in [2.75, 3.05) is 12.9 Å². The molecule has 24 heavy (non-hydrogen) atoms. The molecule has 1 amide bonds. The second-order valence-corrected chi connectivity index (χ2v) is 5.85. The molecule has 0 aliphatic rings. The van der Waals surface area contributed by atoms with Gasteiger partial charge in [0.15, 0.2) is 0 Å². The fraction of sp³-hybridized carbons (Fsp3) is 0.176. The van der Waals surface area contributed by atoms with Crippen molar-refractivity contribution in [3.63, 3.8) is 0 Å². The summed E-state index contributed by atoms with van der Waals surface area (Å²) >= 11 is 0.993. The molecular formula is C17H15F2NO3S. The number of esters is 1. The van der Waals surface area contributed by atoms with E-state index < -0.39 is 17.6 Å². The zero-order chi connectivity index (χ0) is 17.5. The van der Waals surface area contributed by atoms with Gasteiger partial charge in [0.1, 0.15) is 11.6 Å². The van der Waals surface area contributed by atoms with Gasteiger partial charge < -0.3 is 10.1 Å². The molecule has 0 bridgehead atoms. The monoisotopic (exact) mass is 351 g/mol. The zero-order valence-electron chi connectivity index (χ0n) is 12.8. The molecule has 2 aromatic carbocycles. The molecule has 4 nitrogen and oxygen atoms in total. The van der Waals surface area contributed by atoms with E-state index in [1.807, 2.05) is 0 Å². The maximum absolute atomic E-state index is 13.5. The number of carbonyl (C=O) groups excluding carboxylic acids is 2. The molecule has 0 aromatic heterocycles. The smallest absolute Gasteiger partial charge is 0.337 e. The van der Waals surface area contributed by atoms with Gasteiger partial charge in [0.25, 0.3) is 0 Å². The van der Waals surface area contributed by atoms with E-state index in [0.29, 0.717) is 5.56 Å². The van der Waals surface area contributed by atoms with E-state index in [1.54, 1.807) is 24.3 Å². The molecule has 2 rings (SSSR count). The highest BCUT2D eigenvalue weighted by atomic mass is 32.2. The maximum atomic E-state index is 13.5. The van der Waals surface area contributed by atoms with Gasteiger partial charge in [-0.15, -0.1) is 11.8 Å². The number of hydrogen-bond donors (Lipinski definition) is 1. The highest BCUT2D eigenvalue weighted by Crippen LogP contribution is 2.22. The van der Waals surface area contributed by atoms with Gasteiger partial charge in [-0.1, -0.05) is 12.1 Å². The van der Waals surface area contributed by atoms with Crippen LogP contribution in [-0.2, 0) is 16.1 Å². The molecule has 126 valence electrons. The van der Waals surface area contributed by atoms with Gasteiger partial charge in [-0.05, 0) is 29.8 Å². The molecule has 0 unspecified atom stereocenters. The molecule has 0 radical (unpaired) electrons. The van der Waals surface area contributed by atoms with E-state index in [-0.39, 0.29) is 23.1 Å². The molecule has 0 spiro atoms. The largest absolute Gasteiger partial charge is 0.465 e. The third-order valence-corrected chi connectivity index (χ3v) is 4.17. The van der Waals surface area contributed by atoms with E-state index in [9.17, 15) is 18.4 Å². The van der Waals surface area contributed by atoms with Crippen LogP contribution >= 0.6 is 11.8 Å². The molecule has 0 fully saturated rings. The lowest BCUT2D eigenvalue weighted by atomic mass is 10.1. The minimum Gasteiger partial charge on any atom is -0.465 e. The Morgan fingerprint density at radius 2 is 1.83 bits per heavy atom. The minimum atomic E-state index is -0.689. The lowest BCUT2D eigenvalue weighted by molar-refractivity contribution is -0.118. The summed E-state index contributed by atoms with van der Waals surface area (Å²) in [6, 6.07) is 9.86. The van der Waals surface area contributed by atoms with E-state index in [2.05, 4.69) is 10.1 Å². The van der Waals surface area contributed by atoms with Crippen LogP contribution in [0.1, 0.15) is 15.9 Å². The van der Waals surface area contributed by atoms with Crippen LogP contribution in [0.15, 0.2) is 47.4 Å². The predicted molar refractivity (Wildman–Crippen MR) is 86.7 cm³/mol. The Bertz CT molecular complexity index is 735. The van der Waals surface area contributed by atoms with Crippen LogP contribution in [0.4, 0.5) is 8.78 Å². The summed E-state index contributed by atoms with van der Waals surface area (Å²) in [5, 5.41) is 2.69. The SMILES string of the molecule is COC(=O)c1ccc(CNC(=O)CSc2ccc(F)cc2F)cc1. The molecule has 0 aliphatic carbocycles. The Morgan fingerprint density at radius 1 is 1.12 bits per heavy atom. The topological polar surface area (TPSA) is 55.4 Å². The Kier molecular flexibility index (Phi) is 6.31. The van der Waals surface area contributed by atoms with Crippen molar-refractivity contribution in [3.05, 3.63) is 65.2 Å². The fourth-order valence-electron chi connectivity index (χ4n) is 1.86. The number of halogens is 2. The summed E-state index contributed by atoms with van der Waals surface area (Å²) in [6.07, 6.45) is 0. The van der Waals surface area contributed by atoms with Crippen LogP contribution in [0, 0.1) is 11.6 Å². The van der Waals surface area contributed by atoms with Crippen molar-refractivity contribution >= 4 is 23.6 Å². The van der Waals surface area contributed by atoms with Crippen molar-refractivity contribution in [3.8, 4) is 0 Å². The highest BCUT2D eigenvalue weighted by Gasteiger charge is 2.08. The van der Waals surface area contributed by atoms with Crippen LogP contribution in [0.25, 0.3) is 0 Å².